The van der Waals surface area contributed by atoms with E-state index in [4.69, 9.17) is 4.99 Å². The number of aromatic hydroxyl groups is 1. The number of benzene rings is 3. The largest absolute Gasteiger partial charge is 0.507 e. The summed E-state index contributed by atoms with van der Waals surface area (Å²) < 4.78 is 0.844. The maximum Gasteiger partial charge on any atom is 0.125 e. The van der Waals surface area contributed by atoms with Gasteiger partial charge in [-0.15, -0.1) is 0 Å². The molecule has 26 heavy (non-hydrogen) atoms. The fourth-order valence-corrected chi connectivity index (χ4v) is 3.76. The van der Waals surface area contributed by atoms with E-state index in [1.54, 1.807) is 6.07 Å². The molecule has 0 fully saturated rings. The molecule has 0 spiro atoms. The minimum atomic E-state index is -0.419. The molecule has 4 rings (SSSR count). The molecule has 128 valence electrons. The molecule has 3 heteroatoms. The highest BCUT2D eigenvalue weighted by Gasteiger charge is 2.38. The number of hydrogen-bond acceptors (Lipinski definition) is 2. The standard InChI is InChI=1S/C23H18BrNO/c1-23(14-13-16-7-3-2-4-8-16)19-9-5-6-10-20(19)25-22(23)18-12-11-17(24)15-21(18)26/h2-15,26H,1H3/b14-13+/t23-/m1/s1. The van der Waals surface area contributed by atoms with Crippen LogP contribution >= 0.6 is 15.9 Å². The summed E-state index contributed by atoms with van der Waals surface area (Å²) in [5.41, 5.74) is 4.42. The lowest BCUT2D eigenvalue weighted by Crippen LogP contribution is -2.28. The van der Waals surface area contributed by atoms with E-state index in [2.05, 4.69) is 53.2 Å². The first-order valence-electron chi connectivity index (χ1n) is 8.50. The molecule has 1 N–H and O–H groups in total. The predicted octanol–water partition coefficient (Wildman–Crippen LogP) is 6.26. The third-order valence-electron chi connectivity index (χ3n) is 4.81. The van der Waals surface area contributed by atoms with Gasteiger partial charge in [0.25, 0.3) is 0 Å². The van der Waals surface area contributed by atoms with Gasteiger partial charge in [0.05, 0.1) is 16.8 Å². The second-order valence-corrected chi connectivity index (χ2v) is 7.50. The molecule has 3 aromatic rings. The zero-order chi connectivity index (χ0) is 18.1. The van der Waals surface area contributed by atoms with Crippen LogP contribution in [0.2, 0.25) is 0 Å². The molecular weight excluding hydrogens is 386 g/mol. The van der Waals surface area contributed by atoms with Crippen molar-refractivity contribution in [2.75, 3.05) is 0 Å². The Morgan fingerprint density at radius 2 is 1.69 bits per heavy atom. The summed E-state index contributed by atoms with van der Waals surface area (Å²) in [7, 11) is 0. The Morgan fingerprint density at radius 3 is 2.46 bits per heavy atom. The van der Waals surface area contributed by atoms with Crippen molar-refractivity contribution < 1.29 is 5.11 Å². The van der Waals surface area contributed by atoms with Crippen LogP contribution in [0.15, 0.2) is 88.3 Å². The molecule has 1 heterocycles. The quantitative estimate of drug-likeness (QED) is 0.549. The number of nitrogens with zero attached hydrogens (tertiary/aromatic N) is 1. The average Bonchev–Trinajstić information content (AvgIpc) is 2.94. The molecule has 1 atom stereocenters. The van der Waals surface area contributed by atoms with Crippen LogP contribution in [-0.2, 0) is 5.41 Å². The summed E-state index contributed by atoms with van der Waals surface area (Å²) in [5, 5.41) is 10.5. The van der Waals surface area contributed by atoms with Gasteiger partial charge in [-0.05, 0) is 42.3 Å². The summed E-state index contributed by atoms with van der Waals surface area (Å²) in [4.78, 5) is 4.87. The van der Waals surface area contributed by atoms with Gasteiger partial charge in [-0.25, -0.2) is 0 Å². The van der Waals surface area contributed by atoms with Crippen LogP contribution < -0.4 is 0 Å². The van der Waals surface area contributed by atoms with Gasteiger partial charge in [-0.3, -0.25) is 4.99 Å². The predicted molar refractivity (Wildman–Crippen MR) is 111 cm³/mol. The number of para-hydroxylation sites is 1. The summed E-state index contributed by atoms with van der Waals surface area (Å²) in [5.74, 6) is 0.227. The first-order chi connectivity index (χ1) is 12.6. The van der Waals surface area contributed by atoms with Crippen LogP contribution in [0.5, 0.6) is 5.75 Å². The van der Waals surface area contributed by atoms with E-state index in [-0.39, 0.29) is 5.75 Å². The van der Waals surface area contributed by atoms with Crippen LogP contribution in [0.4, 0.5) is 5.69 Å². The first kappa shape index (κ1) is 16.8. The van der Waals surface area contributed by atoms with Crippen molar-refractivity contribution >= 4 is 33.4 Å². The molecule has 2 nitrogen and oxygen atoms in total. The monoisotopic (exact) mass is 403 g/mol. The van der Waals surface area contributed by atoms with E-state index in [0.29, 0.717) is 0 Å². The maximum atomic E-state index is 10.5. The Bertz CT molecular complexity index is 1020. The molecule has 0 aliphatic carbocycles. The Kier molecular flexibility index (Phi) is 4.25. The van der Waals surface area contributed by atoms with Crippen LogP contribution in [0.1, 0.15) is 23.6 Å². The van der Waals surface area contributed by atoms with Crippen molar-refractivity contribution in [1.82, 2.24) is 0 Å². The molecule has 0 saturated carbocycles. The average molecular weight is 404 g/mol. The molecule has 0 radical (unpaired) electrons. The van der Waals surface area contributed by atoms with E-state index in [9.17, 15) is 5.11 Å². The first-order valence-corrected chi connectivity index (χ1v) is 9.29. The number of phenols is 1. The van der Waals surface area contributed by atoms with Crippen LogP contribution in [0, 0.1) is 0 Å². The van der Waals surface area contributed by atoms with E-state index >= 15 is 0 Å². The fourth-order valence-electron chi connectivity index (χ4n) is 3.42. The Balaban J connectivity index is 1.86. The van der Waals surface area contributed by atoms with Crippen molar-refractivity contribution in [2.45, 2.75) is 12.3 Å². The Morgan fingerprint density at radius 1 is 0.962 bits per heavy atom. The van der Waals surface area contributed by atoms with Crippen LogP contribution in [0.3, 0.4) is 0 Å². The number of hydrogen-bond donors (Lipinski definition) is 1. The molecule has 0 saturated heterocycles. The molecule has 1 aliphatic rings. The van der Waals surface area contributed by atoms with Gasteiger partial charge in [0.1, 0.15) is 5.75 Å². The van der Waals surface area contributed by atoms with E-state index in [1.807, 2.05) is 48.5 Å². The van der Waals surface area contributed by atoms with Crippen LogP contribution in [0.25, 0.3) is 6.08 Å². The minimum absolute atomic E-state index is 0.227. The molecule has 0 aromatic heterocycles. The number of halogens is 1. The van der Waals surface area contributed by atoms with Gasteiger partial charge in [-0.2, -0.15) is 0 Å². The number of rotatable bonds is 3. The lowest BCUT2D eigenvalue weighted by atomic mass is 9.76. The second kappa shape index (κ2) is 6.58. The van der Waals surface area contributed by atoms with Gasteiger partial charge in [0.2, 0.25) is 0 Å². The highest BCUT2D eigenvalue weighted by molar-refractivity contribution is 9.10. The smallest absolute Gasteiger partial charge is 0.125 e. The number of allylic oxidation sites excluding steroid dienone is 1. The number of fused-ring (bicyclic) bond motifs is 1. The molecule has 0 amide bonds. The number of aliphatic imine (C=N–C) groups is 1. The van der Waals surface area contributed by atoms with E-state index in [1.165, 1.54) is 0 Å². The van der Waals surface area contributed by atoms with Gasteiger partial charge in [0.15, 0.2) is 0 Å². The minimum Gasteiger partial charge on any atom is -0.507 e. The normalized spacial score (nSPS) is 18.8. The van der Waals surface area contributed by atoms with Gasteiger partial charge in [0, 0.05) is 10.0 Å². The third-order valence-corrected chi connectivity index (χ3v) is 5.30. The lowest BCUT2D eigenvalue weighted by Gasteiger charge is -2.25. The van der Waals surface area contributed by atoms with Crippen molar-refractivity contribution in [3.63, 3.8) is 0 Å². The Labute approximate surface area is 161 Å². The lowest BCUT2D eigenvalue weighted by molar-refractivity contribution is 0.473. The fraction of sp³-hybridized carbons (Fsp3) is 0.0870. The highest BCUT2D eigenvalue weighted by atomic mass is 79.9. The van der Waals surface area contributed by atoms with Crippen molar-refractivity contribution in [1.29, 1.82) is 0 Å². The highest BCUT2D eigenvalue weighted by Crippen LogP contribution is 2.45. The summed E-state index contributed by atoms with van der Waals surface area (Å²) in [6.07, 6.45) is 4.29. The summed E-state index contributed by atoms with van der Waals surface area (Å²) in [6, 6.07) is 23.9. The number of phenolic OH excluding ortho intramolecular Hbond substituents is 1. The zero-order valence-corrected chi connectivity index (χ0v) is 15.9. The summed E-state index contributed by atoms with van der Waals surface area (Å²) >= 11 is 3.41. The SMILES string of the molecule is C[C@]1(/C=C/c2ccccc2)C(c2ccc(Br)cc2O)=Nc2ccccc21. The van der Waals surface area contributed by atoms with Gasteiger partial charge in [-0.1, -0.05) is 76.6 Å². The van der Waals surface area contributed by atoms with Crippen molar-refractivity contribution in [3.8, 4) is 5.75 Å². The maximum absolute atomic E-state index is 10.5. The van der Waals surface area contributed by atoms with Crippen molar-refractivity contribution in [2.24, 2.45) is 4.99 Å². The molecule has 1 aliphatic heterocycles. The molecule has 3 aromatic carbocycles. The molecule has 0 bridgehead atoms. The van der Waals surface area contributed by atoms with Crippen LogP contribution in [-0.4, -0.2) is 10.8 Å². The molecule has 0 unspecified atom stereocenters. The summed E-state index contributed by atoms with van der Waals surface area (Å²) in [6.45, 7) is 2.15. The van der Waals surface area contributed by atoms with Gasteiger partial charge >= 0.3 is 0 Å². The molecular formula is C23H18BrNO. The van der Waals surface area contributed by atoms with Gasteiger partial charge < -0.3 is 5.11 Å². The second-order valence-electron chi connectivity index (χ2n) is 6.59. The third kappa shape index (κ3) is 2.89. The topological polar surface area (TPSA) is 32.6 Å². The van der Waals surface area contributed by atoms with Crippen molar-refractivity contribution in [3.05, 3.63) is 100 Å². The Hall–Kier alpha value is -2.65. The van der Waals surface area contributed by atoms with E-state index in [0.717, 1.165) is 32.6 Å². The zero-order valence-electron chi connectivity index (χ0n) is 14.4. The van der Waals surface area contributed by atoms with E-state index < -0.39 is 5.41 Å².